The van der Waals surface area contributed by atoms with Gasteiger partial charge in [0.05, 0.1) is 19.4 Å². The summed E-state index contributed by atoms with van der Waals surface area (Å²) in [6.07, 6.45) is 2.95. The maximum atomic E-state index is 13.2. The minimum Gasteiger partial charge on any atom is -0.389 e. The van der Waals surface area contributed by atoms with E-state index in [1.807, 2.05) is 0 Å². The van der Waals surface area contributed by atoms with E-state index in [0.29, 0.717) is 42.2 Å². The molecule has 2 aromatic heterocycles. The Morgan fingerprint density at radius 1 is 1.16 bits per heavy atom. The summed E-state index contributed by atoms with van der Waals surface area (Å²) < 4.78 is 18.5. The molecule has 4 rings (SSSR count). The standard InChI is InChI=1S/C21H18FN5O4S/c22-17-11-24-21(32-17)26-20(29)18(27-31-15-8-10-30-12-15)13-4-6-14(7-5-13)25-19(28)16-3-1-2-9-23-16/h1-7,9,11,15H,8,10,12H2,(H,25,28)(H,24,26,29)/t15-/m1/s1. The summed E-state index contributed by atoms with van der Waals surface area (Å²) in [5.41, 5.74) is 1.21. The normalized spacial score (nSPS) is 15.9. The minimum atomic E-state index is -0.608. The van der Waals surface area contributed by atoms with Gasteiger partial charge in [-0.25, -0.2) is 4.98 Å². The first-order chi connectivity index (χ1) is 15.6. The van der Waals surface area contributed by atoms with Crippen molar-refractivity contribution in [3.05, 3.63) is 71.2 Å². The van der Waals surface area contributed by atoms with Crippen LogP contribution in [0.3, 0.4) is 0 Å². The van der Waals surface area contributed by atoms with Gasteiger partial charge in [-0.1, -0.05) is 34.7 Å². The number of hydrogen-bond donors (Lipinski definition) is 2. The number of hydrogen-bond acceptors (Lipinski definition) is 8. The van der Waals surface area contributed by atoms with Crippen molar-refractivity contribution < 1.29 is 23.6 Å². The lowest BCUT2D eigenvalue weighted by Crippen LogP contribution is -2.25. The second kappa shape index (κ2) is 10.1. The van der Waals surface area contributed by atoms with Crippen molar-refractivity contribution in [2.24, 2.45) is 5.16 Å². The Morgan fingerprint density at radius 3 is 2.66 bits per heavy atom. The Kier molecular flexibility index (Phi) is 6.78. The second-order valence-corrected chi connectivity index (χ2v) is 7.68. The van der Waals surface area contributed by atoms with Crippen LogP contribution >= 0.6 is 11.3 Å². The summed E-state index contributed by atoms with van der Waals surface area (Å²) in [6.45, 7) is 0.944. The molecule has 9 nitrogen and oxygen atoms in total. The lowest BCUT2D eigenvalue weighted by atomic mass is 10.1. The summed E-state index contributed by atoms with van der Waals surface area (Å²) in [5.74, 6) is -0.969. The molecule has 11 heteroatoms. The van der Waals surface area contributed by atoms with E-state index in [4.69, 9.17) is 9.57 Å². The zero-order chi connectivity index (χ0) is 22.3. The van der Waals surface area contributed by atoms with Crippen LogP contribution in [0.25, 0.3) is 0 Å². The van der Waals surface area contributed by atoms with Crippen LogP contribution in [0.5, 0.6) is 0 Å². The Hall–Kier alpha value is -3.70. The van der Waals surface area contributed by atoms with Crippen LogP contribution in [-0.4, -0.2) is 46.8 Å². The molecular weight excluding hydrogens is 437 g/mol. The molecule has 3 aromatic rings. The molecule has 1 saturated heterocycles. The number of ether oxygens (including phenoxy) is 1. The van der Waals surface area contributed by atoms with Gasteiger partial charge in [0.15, 0.2) is 22.1 Å². The van der Waals surface area contributed by atoms with E-state index in [9.17, 15) is 14.0 Å². The van der Waals surface area contributed by atoms with Gasteiger partial charge in [-0.05, 0) is 24.3 Å². The van der Waals surface area contributed by atoms with Crippen LogP contribution in [0, 0.1) is 5.13 Å². The van der Waals surface area contributed by atoms with Crippen LogP contribution in [0.1, 0.15) is 22.5 Å². The van der Waals surface area contributed by atoms with E-state index in [1.165, 1.54) is 6.20 Å². The van der Waals surface area contributed by atoms with Crippen molar-refractivity contribution in [3.8, 4) is 0 Å². The summed E-state index contributed by atoms with van der Waals surface area (Å²) in [7, 11) is 0. The second-order valence-electron chi connectivity index (χ2n) is 6.70. The van der Waals surface area contributed by atoms with Crippen LogP contribution < -0.4 is 10.6 Å². The van der Waals surface area contributed by atoms with E-state index in [2.05, 4.69) is 25.8 Å². The molecule has 2 amide bonds. The average Bonchev–Trinajstić information content (AvgIpc) is 3.47. The van der Waals surface area contributed by atoms with Gasteiger partial charge in [0.25, 0.3) is 11.8 Å². The smallest absolute Gasteiger partial charge is 0.280 e. The number of pyridine rings is 1. The molecule has 0 unspecified atom stereocenters. The first kappa shape index (κ1) is 21.5. The lowest BCUT2D eigenvalue weighted by Gasteiger charge is -2.10. The van der Waals surface area contributed by atoms with E-state index >= 15 is 0 Å². The third-order valence-corrected chi connectivity index (χ3v) is 5.11. The van der Waals surface area contributed by atoms with Crippen molar-refractivity contribution in [2.45, 2.75) is 12.5 Å². The van der Waals surface area contributed by atoms with Gasteiger partial charge in [0.2, 0.25) is 0 Å². The zero-order valence-electron chi connectivity index (χ0n) is 16.7. The molecule has 0 spiro atoms. The van der Waals surface area contributed by atoms with Gasteiger partial charge < -0.3 is 14.9 Å². The molecule has 1 aliphatic rings. The molecule has 0 bridgehead atoms. The summed E-state index contributed by atoms with van der Waals surface area (Å²) in [4.78, 5) is 38.3. The van der Waals surface area contributed by atoms with Gasteiger partial charge >= 0.3 is 0 Å². The Bertz CT molecular complexity index is 1110. The molecule has 0 aliphatic carbocycles. The van der Waals surface area contributed by atoms with Gasteiger partial charge in [-0.2, -0.15) is 4.39 Å². The van der Waals surface area contributed by atoms with Gasteiger partial charge in [0, 0.05) is 23.9 Å². The van der Waals surface area contributed by atoms with Gasteiger partial charge in [0.1, 0.15) is 5.69 Å². The molecule has 2 N–H and O–H groups in total. The first-order valence-electron chi connectivity index (χ1n) is 9.65. The average molecular weight is 455 g/mol. The minimum absolute atomic E-state index is 0.0184. The third-order valence-electron chi connectivity index (χ3n) is 4.41. The van der Waals surface area contributed by atoms with E-state index < -0.39 is 11.0 Å². The highest BCUT2D eigenvalue weighted by molar-refractivity contribution is 7.14. The number of anilines is 2. The van der Waals surface area contributed by atoms with E-state index in [0.717, 1.165) is 6.20 Å². The van der Waals surface area contributed by atoms with Crippen LogP contribution in [0.4, 0.5) is 15.2 Å². The van der Waals surface area contributed by atoms with Gasteiger partial charge in [-0.3, -0.25) is 19.9 Å². The van der Waals surface area contributed by atoms with Crippen molar-refractivity contribution in [2.75, 3.05) is 23.8 Å². The number of carbonyl (C=O) groups is 2. The van der Waals surface area contributed by atoms with Crippen LogP contribution in [0.2, 0.25) is 0 Å². The maximum absolute atomic E-state index is 13.2. The molecule has 1 aromatic carbocycles. The SMILES string of the molecule is O=C(Nc1ncc(F)s1)C(=NO[C@@H]1CCOC1)c1ccc(NC(=O)c2ccccn2)cc1. The largest absolute Gasteiger partial charge is 0.389 e. The highest BCUT2D eigenvalue weighted by atomic mass is 32.1. The van der Waals surface area contributed by atoms with Crippen LogP contribution in [0.15, 0.2) is 60.0 Å². The number of rotatable bonds is 7. The first-order valence-corrected chi connectivity index (χ1v) is 10.5. The number of thiazole rings is 1. The predicted octanol–water partition coefficient (Wildman–Crippen LogP) is 3.08. The molecule has 0 radical (unpaired) electrons. The molecule has 1 aliphatic heterocycles. The number of nitrogens with zero attached hydrogens (tertiary/aromatic N) is 3. The Labute approximate surface area is 186 Å². The number of amides is 2. The summed E-state index contributed by atoms with van der Waals surface area (Å²) >= 11 is 0.700. The fourth-order valence-corrected chi connectivity index (χ4v) is 3.36. The Morgan fingerprint density at radius 2 is 2.00 bits per heavy atom. The fourth-order valence-electron chi connectivity index (χ4n) is 2.82. The monoisotopic (exact) mass is 455 g/mol. The number of oxime groups is 1. The quantitative estimate of drug-likeness (QED) is 0.418. The molecule has 3 heterocycles. The summed E-state index contributed by atoms with van der Waals surface area (Å²) in [6, 6.07) is 11.5. The lowest BCUT2D eigenvalue weighted by molar-refractivity contribution is -0.110. The van der Waals surface area contributed by atoms with Crippen LogP contribution in [-0.2, 0) is 14.4 Å². The highest BCUT2D eigenvalue weighted by Gasteiger charge is 2.21. The third kappa shape index (κ3) is 5.50. The molecule has 1 fully saturated rings. The number of carbonyl (C=O) groups excluding carboxylic acids is 2. The fraction of sp³-hybridized carbons (Fsp3) is 0.190. The van der Waals surface area contributed by atoms with E-state index in [-0.39, 0.29) is 28.5 Å². The molecule has 0 saturated carbocycles. The van der Waals surface area contributed by atoms with Gasteiger partial charge in [-0.15, -0.1) is 0 Å². The molecule has 32 heavy (non-hydrogen) atoms. The van der Waals surface area contributed by atoms with Crippen molar-refractivity contribution in [3.63, 3.8) is 0 Å². The molecule has 1 atom stereocenters. The topological polar surface area (TPSA) is 115 Å². The number of benzene rings is 1. The van der Waals surface area contributed by atoms with E-state index in [1.54, 1.807) is 42.5 Å². The zero-order valence-corrected chi connectivity index (χ0v) is 17.5. The highest BCUT2D eigenvalue weighted by Crippen LogP contribution is 2.18. The van der Waals surface area contributed by atoms with Crippen molar-refractivity contribution in [1.29, 1.82) is 0 Å². The number of halogens is 1. The maximum Gasteiger partial charge on any atom is 0.280 e. The predicted molar refractivity (Wildman–Crippen MR) is 116 cm³/mol. The molecular formula is C21H18FN5O4S. The molecule has 164 valence electrons. The van der Waals surface area contributed by atoms with Crippen molar-refractivity contribution >= 4 is 39.7 Å². The van der Waals surface area contributed by atoms with Crippen molar-refractivity contribution in [1.82, 2.24) is 9.97 Å². The number of aromatic nitrogens is 2. The number of nitrogens with one attached hydrogen (secondary N) is 2. The summed E-state index contributed by atoms with van der Waals surface area (Å²) in [5, 5.41) is 8.85. The Balaban J connectivity index is 1.51.